The van der Waals surface area contributed by atoms with E-state index in [1.165, 1.54) is 6.07 Å². The van der Waals surface area contributed by atoms with Crippen molar-refractivity contribution in [2.75, 3.05) is 13.2 Å². The summed E-state index contributed by atoms with van der Waals surface area (Å²) in [6.07, 6.45) is 1.82. The third-order valence-corrected chi connectivity index (χ3v) is 3.02. The zero-order valence-electron chi connectivity index (χ0n) is 9.40. The van der Waals surface area contributed by atoms with Crippen LogP contribution < -0.4 is 4.74 Å². The summed E-state index contributed by atoms with van der Waals surface area (Å²) in [4.78, 5) is 9.67. The molecule has 1 heterocycles. The lowest BCUT2D eigenvalue weighted by Crippen LogP contribution is -2.16. The van der Waals surface area contributed by atoms with Crippen molar-refractivity contribution in [3.05, 3.63) is 33.1 Å². The number of nitro benzene ring substituents is 1. The Morgan fingerprint density at radius 1 is 1.61 bits per heavy atom. The Morgan fingerprint density at radius 3 is 3.00 bits per heavy atom. The number of nitro groups is 1. The summed E-state index contributed by atoms with van der Waals surface area (Å²) in [5.74, 6) is -0.984. The van der Waals surface area contributed by atoms with Crippen molar-refractivity contribution >= 4 is 17.3 Å². The molecule has 5 nitrogen and oxygen atoms in total. The van der Waals surface area contributed by atoms with E-state index in [4.69, 9.17) is 21.1 Å². The molecule has 0 bridgehead atoms. The first-order valence-electron chi connectivity index (χ1n) is 5.46. The van der Waals surface area contributed by atoms with Gasteiger partial charge >= 0.3 is 5.69 Å². The average Bonchev–Trinajstić information content (AvgIpc) is 2.83. The zero-order chi connectivity index (χ0) is 13.1. The number of ether oxygens (including phenoxy) is 2. The lowest BCUT2D eigenvalue weighted by atomic mass is 10.2. The first-order chi connectivity index (χ1) is 8.59. The van der Waals surface area contributed by atoms with Gasteiger partial charge in [0.25, 0.3) is 0 Å². The van der Waals surface area contributed by atoms with Crippen molar-refractivity contribution in [3.8, 4) is 5.75 Å². The first-order valence-corrected chi connectivity index (χ1v) is 5.84. The molecule has 1 fully saturated rings. The predicted octanol–water partition coefficient (Wildman–Crippen LogP) is 2.95. The summed E-state index contributed by atoms with van der Waals surface area (Å²) < 4.78 is 24.2. The topological polar surface area (TPSA) is 61.6 Å². The van der Waals surface area contributed by atoms with Gasteiger partial charge in [0.15, 0.2) is 0 Å². The Morgan fingerprint density at radius 2 is 2.39 bits per heavy atom. The molecule has 1 aliphatic rings. The Labute approximate surface area is 108 Å². The summed E-state index contributed by atoms with van der Waals surface area (Å²) in [6.45, 7) is 0.952. The third kappa shape index (κ3) is 2.70. The summed E-state index contributed by atoms with van der Waals surface area (Å²) in [5.41, 5.74) is -0.663. The van der Waals surface area contributed by atoms with Crippen LogP contribution in [0.1, 0.15) is 12.8 Å². The molecule has 1 aromatic rings. The molecule has 0 aliphatic carbocycles. The average molecular weight is 276 g/mol. The van der Waals surface area contributed by atoms with E-state index in [0.29, 0.717) is 6.61 Å². The number of hydrogen-bond acceptors (Lipinski definition) is 4. The van der Waals surface area contributed by atoms with Crippen LogP contribution in [0.25, 0.3) is 0 Å². The van der Waals surface area contributed by atoms with Gasteiger partial charge in [0.2, 0.25) is 5.82 Å². The molecule has 0 radical (unpaired) electrons. The van der Waals surface area contributed by atoms with Crippen molar-refractivity contribution in [2.24, 2.45) is 0 Å². The molecule has 1 aliphatic heterocycles. The molecule has 0 amide bonds. The second kappa shape index (κ2) is 5.49. The Bertz CT molecular complexity index is 463. The van der Waals surface area contributed by atoms with Crippen molar-refractivity contribution in [1.29, 1.82) is 0 Å². The summed E-state index contributed by atoms with van der Waals surface area (Å²) in [6, 6.07) is 2.32. The molecule has 1 atom stereocenters. The van der Waals surface area contributed by atoms with Crippen molar-refractivity contribution in [1.82, 2.24) is 0 Å². The minimum atomic E-state index is -1.08. The Hall–Kier alpha value is -1.40. The van der Waals surface area contributed by atoms with Gasteiger partial charge < -0.3 is 9.47 Å². The van der Waals surface area contributed by atoms with E-state index < -0.39 is 16.4 Å². The van der Waals surface area contributed by atoms with Gasteiger partial charge in [0.05, 0.1) is 11.0 Å². The maximum Gasteiger partial charge on any atom is 0.306 e. The molecule has 7 heteroatoms. The van der Waals surface area contributed by atoms with Gasteiger partial charge in [-0.1, -0.05) is 11.6 Å². The summed E-state index contributed by atoms with van der Waals surface area (Å²) in [7, 11) is 0. The van der Waals surface area contributed by atoms with E-state index in [0.717, 1.165) is 18.9 Å². The summed E-state index contributed by atoms with van der Waals surface area (Å²) in [5, 5.41) is 10.1. The fraction of sp³-hybridized carbons (Fsp3) is 0.455. The van der Waals surface area contributed by atoms with Gasteiger partial charge in [-0.2, -0.15) is 4.39 Å². The highest BCUT2D eigenvalue weighted by Gasteiger charge is 2.22. The van der Waals surface area contributed by atoms with Crippen LogP contribution in [-0.2, 0) is 4.74 Å². The first kappa shape index (κ1) is 13.0. The molecule has 0 saturated carbocycles. The normalized spacial score (nSPS) is 18.9. The maximum absolute atomic E-state index is 13.5. The molecule has 0 spiro atoms. The minimum absolute atomic E-state index is 0.0284. The second-order valence-corrected chi connectivity index (χ2v) is 4.29. The standard InChI is InChI=1S/C11H11ClFNO4/c12-10-9(18-6-7-2-1-5-17-7)4-3-8(11(10)13)14(15)16/h3-4,7H,1-2,5-6H2. The minimum Gasteiger partial charge on any atom is -0.489 e. The molecular formula is C11H11ClFNO4. The molecule has 1 unspecified atom stereocenters. The van der Waals surface area contributed by atoms with Crippen LogP contribution in [0.3, 0.4) is 0 Å². The number of halogens is 2. The molecule has 2 rings (SSSR count). The molecule has 18 heavy (non-hydrogen) atoms. The maximum atomic E-state index is 13.5. The van der Waals surface area contributed by atoms with E-state index in [1.54, 1.807) is 0 Å². The number of nitrogens with zero attached hydrogens (tertiary/aromatic N) is 1. The molecule has 1 saturated heterocycles. The summed E-state index contributed by atoms with van der Waals surface area (Å²) >= 11 is 5.68. The van der Waals surface area contributed by atoms with Gasteiger partial charge in [-0.15, -0.1) is 0 Å². The van der Waals surface area contributed by atoms with Crippen LogP contribution in [-0.4, -0.2) is 24.2 Å². The van der Waals surface area contributed by atoms with Gasteiger partial charge in [-0.25, -0.2) is 0 Å². The number of rotatable bonds is 4. The van der Waals surface area contributed by atoms with Crippen LogP contribution in [0.2, 0.25) is 5.02 Å². The third-order valence-electron chi connectivity index (χ3n) is 2.67. The van der Waals surface area contributed by atoms with Gasteiger partial charge in [0.1, 0.15) is 17.4 Å². The van der Waals surface area contributed by atoms with E-state index in [9.17, 15) is 14.5 Å². The zero-order valence-corrected chi connectivity index (χ0v) is 10.2. The van der Waals surface area contributed by atoms with E-state index in [2.05, 4.69) is 0 Å². The quantitative estimate of drug-likeness (QED) is 0.626. The molecule has 1 aromatic carbocycles. The highest BCUT2D eigenvalue weighted by atomic mass is 35.5. The lowest BCUT2D eigenvalue weighted by Gasteiger charge is -2.12. The van der Waals surface area contributed by atoms with Crippen LogP contribution in [0.4, 0.5) is 10.1 Å². The van der Waals surface area contributed by atoms with Crippen molar-refractivity contribution in [2.45, 2.75) is 18.9 Å². The van der Waals surface area contributed by atoms with Crippen molar-refractivity contribution in [3.63, 3.8) is 0 Å². The Balaban J connectivity index is 2.09. The lowest BCUT2D eigenvalue weighted by molar-refractivity contribution is -0.387. The molecule has 0 aromatic heterocycles. The van der Waals surface area contributed by atoms with Crippen LogP contribution in [0.5, 0.6) is 5.75 Å². The van der Waals surface area contributed by atoms with Crippen LogP contribution in [0, 0.1) is 15.9 Å². The van der Waals surface area contributed by atoms with Crippen LogP contribution in [0.15, 0.2) is 12.1 Å². The van der Waals surface area contributed by atoms with Crippen LogP contribution >= 0.6 is 11.6 Å². The molecule has 98 valence electrons. The molecule has 0 N–H and O–H groups in total. The van der Waals surface area contributed by atoms with Gasteiger partial charge in [-0.3, -0.25) is 10.1 Å². The van der Waals surface area contributed by atoms with Gasteiger partial charge in [-0.05, 0) is 18.9 Å². The fourth-order valence-electron chi connectivity index (χ4n) is 1.73. The predicted molar refractivity (Wildman–Crippen MR) is 62.5 cm³/mol. The SMILES string of the molecule is O=[N+]([O-])c1ccc(OCC2CCCO2)c(Cl)c1F. The second-order valence-electron chi connectivity index (χ2n) is 3.91. The van der Waals surface area contributed by atoms with E-state index in [1.807, 2.05) is 0 Å². The van der Waals surface area contributed by atoms with Gasteiger partial charge in [0, 0.05) is 12.7 Å². The number of benzene rings is 1. The highest BCUT2D eigenvalue weighted by molar-refractivity contribution is 6.32. The Kier molecular flexibility index (Phi) is 3.98. The highest BCUT2D eigenvalue weighted by Crippen LogP contribution is 2.33. The number of hydrogen-bond donors (Lipinski definition) is 0. The monoisotopic (exact) mass is 275 g/mol. The van der Waals surface area contributed by atoms with E-state index in [-0.39, 0.29) is 23.5 Å². The fourth-order valence-corrected chi connectivity index (χ4v) is 1.95. The largest absolute Gasteiger partial charge is 0.489 e. The van der Waals surface area contributed by atoms with E-state index >= 15 is 0 Å². The smallest absolute Gasteiger partial charge is 0.306 e. The van der Waals surface area contributed by atoms with Crippen molar-refractivity contribution < 1.29 is 18.8 Å². The molecular weight excluding hydrogens is 265 g/mol.